The van der Waals surface area contributed by atoms with Crippen LogP contribution in [0.3, 0.4) is 0 Å². The Balaban J connectivity index is 0.00000385. The Kier molecular flexibility index (Phi) is 7.49. The molecule has 2 aromatic carbocycles. The van der Waals surface area contributed by atoms with E-state index >= 15 is 0 Å². The number of benzene rings is 2. The molecule has 0 saturated carbocycles. The van der Waals surface area contributed by atoms with Gasteiger partial charge < -0.3 is 15.3 Å². The lowest BCUT2D eigenvalue weighted by Gasteiger charge is -2.27. The van der Waals surface area contributed by atoms with Crippen molar-refractivity contribution in [3.05, 3.63) is 77.7 Å². The highest BCUT2D eigenvalue weighted by Gasteiger charge is 2.25. The van der Waals surface area contributed by atoms with Crippen LogP contribution in [0.5, 0.6) is 0 Å². The maximum absolute atomic E-state index is 14.6. The lowest BCUT2D eigenvalue weighted by Crippen LogP contribution is -2.37. The van der Waals surface area contributed by atoms with E-state index in [9.17, 15) is 14.0 Å². The molecule has 8 heteroatoms. The van der Waals surface area contributed by atoms with Crippen LogP contribution in [0.1, 0.15) is 37.6 Å². The molecule has 1 heterocycles. The number of carbonyl (C=O) groups excluding carboxylic acids is 1. The highest BCUT2D eigenvalue weighted by molar-refractivity contribution is 6.00. The minimum Gasteiger partial charge on any atom is -0.481 e. The van der Waals surface area contributed by atoms with E-state index in [1.54, 1.807) is 23.1 Å². The predicted molar refractivity (Wildman–Crippen MR) is 122 cm³/mol. The Morgan fingerprint density at radius 2 is 1.81 bits per heavy atom. The molecule has 7 nitrogen and oxygen atoms in total. The molecule has 1 aromatic heterocycles. The zero-order valence-corrected chi connectivity index (χ0v) is 18.0. The van der Waals surface area contributed by atoms with E-state index in [2.05, 4.69) is 15.3 Å². The quantitative estimate of drug-likeness (QED) is 0.512. The van der Waals surface area contributed by atoms with E-state index in [-0.39, 0.29) is 49.1 Å². The van der Waals surface area contributed by atoms with Crippen LogP contribution in [0.15, 0.2) is 60.8 Å². The molecule has 0 atom stereocenters. The first-order valence-corrected chi connectivity index (χ1v) is 10.3. The summed E-state index contributed by atoms with van der Waals surface area (Å²) in [5.74, 6) is -1.68. The lowest BCUT2D eigenvalue weighted by molar-refractivity contribution is -0.136. The summed E-state index contributed by atoms with van der Waals surface area (Å²) in [6, 6.07) is 15.5. The summed E-state index contributed by atoms with van der Waals surface area (Å²) in [5.41, 5.74) is 1.46. The van der Waals surface area contributed by atoms with Crippen LogP contribution in [-0.2, 0) is 11.3 Å². The van der Waals surface area contributed by atoms with E-state index in [0.29, 0.717) is 6.54 Å². The minimum atomic E-state index is -0.966. The molecule has 0 saturated heterocycles. The third-order valence-electron chi connectivity index (χ3n) is 4.85. The van der Waals surface area contributed by atoms with Crippen molar-refractivity contribution in [1.29, 1.82) is 0 Å². The number of carbonyl (C=O) groups is 2. The zero-order chi connectivity index (χ0) is 23.1. The molecule has 168 valence electrons. The Bertz CT molecular complexity index is 1100. The van der Waals surface area contributed by atoms with Crippen molar-refractivity contribution in [2.75, 3.05) is 11.9 Å². The van der Waals surface area contributed by atoms with Gasteiger partial charge in [0.2, 0.25) is 5.95 Å². The Morgan fingerprint density at radius 1 is 1.12 bits per heavy atom. The summed E-state index contributed by atoms with van der Waals surface area (Å²) in [6.45, 7) is 4.30. The van der Waals surface area contributed by atoms with E-state index < -0.39 is 11.8 Å². The minimum absolute atomic E-state index is 0. The molecular formula is C24H27FN4O3. The molecule has 0 spiro atoms. The molecule has 0 aliphatic rings. The second kappa shape index (κ2) is 10.5. The van der Waals surface area contributed by atoms with Crippen LogP contribution < -0.4 is 5.32 Å². The smallest absolute Gasteiger partial charge is 0.305 e. The van der Waals surface area contributed by atoms with Crippen LogP contribution in [0.2, 0.25) is 0 Å². The fraction of sp³-hybridized carbons (Fsp3) is 0.250. The van der Waals surface area contributed by atoms with E-state index in [0.717, 1.165) is 5.56 Å². The van der Waals surface area contributed by atoms with Gasteiger partial charge >= 0.3 is 5.97 Å². The first-order valence-electron chi connectivity index (χ1n) is 10.3. The number of nitrogens with one attached hydrogen (secondary N) is 1. The average Bonchev–Trinajstić information content (AvgIpc) is 2.77. The summed E-state index contributed by atoms with van der Waals surface area (Å²) in [6.07, 6.45) is 1.23. The van der Waals surface area contributed by atoms with Crippen LogP contribution in [0, 0.1) is 5.82 Å². The van der Waals surface area contributed by atoms with Gasteiger partial charge in [0, 0.05) is 32.3 Å². The van der Waals surface area contributed by atoms with E-state index in [4.69, 9.17) is 5.11 Å². The largest absolute Gasteiger partial charge is 0.481 e. The molecule has 0 aliphatic heterocycles. The van der Waals surface area contributed by atoms with Crippen molar-refractivity contribution in [2.24, 2.45) is 0 Å². The second-order valence-electron chi connectivity index (χ2n) is 7.52. The fourth-order valence-corrected chi connectivity index (χ4v) is 3.19. The van der Waals surface area contributed by atoms with Gasteiger partial charge in [-0.3, -0.25) is 9.59 Å². The third-order valence-corrected chi connectivity index (χ3v) is 4.85. The standard InChI is InChI=1S/C24H25FN4O3.H2/c1-16(2)29(15-17-8-4-3-5-9-17)23(32)19-14-27-24(26-13-12-21(30)31)28-22(19)18-10-6-7-11-20(18)25;/h3-11,14,16H,12-13,15H2,1-2H3,(H,30,31)(H,26,27,28);1H. The summed E-state index contributed by atoms with van der Waals surface area (Å²) >= 11 is 0. The van der Waals surface area contributed by atoms with Gasteiger partial charge in [-0.15, -0.1) is 0 Å². The summed E-state index contributed by atoms with van der Waals surface area (Å²) in [4.78, 5) is 34.5. The van der Waals surface area contributed by atoms with Gasteiger partial charge in [0.05, 0.1) is 17.7 Å². The number of hydrogen-bond acceptors (Lipinski definition) is 5. The molecule has 3 aromatic rings. The van der Waals surface area contributed by atoms with Crippen molar-refractivity contribution < 1.29 is 20.5 Å². The number of nitrogens with zero attached hydrogens (tertiary/aromatic N) is 3. The Morgan fingerprint density at radius 3 is 2.47 bits per heavy atom. The van der Waals surface area contributed by atoms with Gasteiger partial charge in [0.1, 0.15) is 5.82 Å². The summed E-state index contributed by atoms with van der Waals surface area (Å²) in [7, 11) is 0. The number of aliphatic carboxylic acids is 1. The molecular weight excluding hydrogens is 411 g/mol. The molecule has 2 N–H and O–H groups in total. The molecule has 1 amide bonds. The molecule has 3 rings (SSSR count). The number of aromatic nitrogens is 2. The van der Waals surface area contributed by atoms with Gasteiger partial charge in [-0.05, 0) is 31.5 Å². The zero-order valence-electron chi connectivity index (χ0n) is 18.0. The van der Waals surface area contributed by atoms with Gasteiger partial charge in [-0.25, -0.2) is 14.4 Å². The molecule has 0 aliphatic carbocycles. The van der Waals surface area contributed by atoms with Gasteiger partial charge in [0.25, 0.3) is 5.91 Å². The normalized spacial score (nSPS) is 10.8. The van der Waals surface area contributed by atoms with Crippen molar-refractivity contribution in [1.82, 2.24) is 14.9 Å². The first-order chi connectivity index (χ1) is 15.4. The highest BCUT2D eigenvalue weighted by Crippen LogP contribution is 2.27. The maximum Gasteiger partial charge on any atom is 0.305 e. The monoisotopic (exact) mass is 438 g/mol. The van der Waals surface area contributed by atoms with E-state index in [1.807, 2.05) is 44.2 Å². The maximum atomic E-state index is 14.6. The average molecular weight is 439 g/mol. The molecule has 32 heavy (non-hydrogen) atoms. The first kappa shape index (κ1) is 22.9. The topological polar surface area (TPSA) is 95.4 Å². The van der Waals surface area contributed by atoms with Crippen molar-refractivity contribution >= 4 is 17.8 Å². The Hall–Kier alpha value is -3.81. The number of carboxylic acid groups (broad SMARTS) is 1. The van der Waals surface area contributed by atoms with Gasteiger partial charge in [0.15, 0.2) is 0 Å². The number of halogens is 1. The van der Waals surface area contributed by atoms with Crippen molar-refractivity contribution in [3.8, 4) is 11.3 Å². The number of carboxylic acids is 1. The highest BCUT2D eigenvalue weighted by atomic mass is 19.1. The van der Waals surface area contributed by atoms with Crippen molar-refractivity contribution in [2.45, 2.75) is 32.9 Å². The molecule has 0 fully saturated rings. The Labute approximate surface area is 187 Å². The van der Waals surface area contributed by atoms with Crippen LogP contribution in [-0.4, -0.2) is 44.4 Å². The van der Waals surface area contributed by atoms with Crippen LogP contribution >= 0.6 is 0 Å². The third kappa shape index (κ3) is 5.66. The lowest BCUT2D eigenvalue weighted by atomic mass is 10.0. The van der Waals surface area contributed by atoms with Crippen LogP contribution in [0.4, 0.5) is 10.3 Å². The molecule has 0 unspecified atom stereocenters. The summed E-state index contributed by atoms with van der Waals surface area (Å²) < 4.78 is 14.6. The second-order valence-corrected chi connectivity index (χ2v) is 7.52. The summed E-state index contributed by atoms with van der Waals surface area (Å²) in [5, 5.41) is 11.6. The number of amides is 1. The van der Waals surface area contributed by atoms with Gasteiger partial charge in [-0.1, -0.05) is 42.5 Å². The SMILES string of the molecule is CC(C)N(Cc1ccccc1)C(=O)c1cnc(NCCC(=O)O)nc1-c1ccccc1F.[HH]. The number of anilines is 1. The molecule has 0 bridgehead atoms. The van der Waals surface area contributed by atoms with Crippen LogP contribution in [0.25, 0.3) is 11.3 Å². The van der Waals surface area contributed by atoms with Gasteiger partial charge in [-0.2, -0.15) is 0 Å². The number of rotatable bonds is 9. The van der Waals surface area contributed by atoms with Crippen molar-refractivity contribution in [3.63, 3.8) is 0 Å². The predicted octanol–water partition coefficient (Wildman–Crippen LogP) is 4.47. The fourth-order valence-electron chi connectivity index (χ4n) is 3.19. The van der Waals surface area contributed by atoms with E-state index in [1.165, 1.54) is 12.3 Å². The number of hydrogen-bond donors (Lipinski definition) is 2. The molecule has 0 radical (unpaired) electrons.